The number of carbonyl (C=O) groups excluding carboxylic acids is 1. The van der Waals surface area contributed by atoms with Crippen LogP contribution in [0.2, 0.25) is 0 Å². The highest BCUT2D eigenvalue weighted by atomic mass is 16.5. The largest absolute Gasteiger partial charge is 0.457 e. The third-order valence-electron chi connectivity index (χ3n) is 3.69. The lowest BCUT2D eigenvalue weighted by molar-refractivity contribution is 0.220. The molecule has 0 fully saturated rings. The van der Waals surface area contributed by atoms with Crippen LogP contribution in [-0.2, 0) is 6.54 Å². The van der Waals surface area contributed by atoms with Crippen LogP contribution in [-0.4, -0.2) is 27.9 Å². The summed E-state index contributed by atoms with van der Waals surface area (Å²) in [6, 6.07) is 14.9. The van der Waals surface area contributed by atoms with Crippen LogP contribution in [0.25, 0.3) is 0 Å². The van der Waals surface area contributed by atoms with E-state index in [4.69, 9.17) is 4.74 Å². The van der Waals surface area contributed by atoms with Gasteiger partial charge in [-0.2, -0.15) is 0 Å². The van der Waals surface area contributed by atoms with Gasteiger partial charge in [0, 0.05) is 25.1 Å². The first-order chi connectivity index (χ1) is 12.6. The molecule has 0 spiro atoms. The highest BCUT2D eigenvalue weighted by Gasteiger charge is 2.10. The lowest BCUT2D eigenvalue weighted by Crippen LogP contribution is -2.31. The van der Waals surface area contributed by atoms with Crippen molar-refractivity contribution in [1.82, 2.24) is 14.9 Å². The Morgan fingerprint density at radius 3 is 2.62 bits per heavy atom. The van der Waals surface area contributed by atoms with Crippen LogP contribution < -0.4 is 10.1 Å². The van der Waals surface area contributed by atoms with Crippen molar-refractivity contribution < 1.29 is 9.53 Å². The molecule has 1 N–H and O–H groups in total. The van der Waals surface area contributed by atoms with Gasteiger partial charge in [0.05, 0.1) is 18.4 Å². The van der Waals surface area contributed by atoms with E-state index in [1.54, 1.807) is 42.7 Å². The molecule has 0 aliphatic heterocycles. The summed E-state index contributed by atoms with van der Waals surface area (Å²) in [6.45, 7) is 2.40. The van der Waals surface area contributed by atoms with E-state index in [0.717, 1.165) is 17.0 Å². The second kappa shape index (κ2) is 8.11. The smallest absolute Gasteiger partial charge is 0.321 e. The molecule has 0 bridgehead atoms. The van der Waals surface area contributed by atoms with Crippen LogP contribution in [0, 0.1) is 6.92 Å². The zero-order chi connectivity index (χ0) is 18.4. The maximum absolute atomic E-state index is 12.3. The summed E-state index contributed by atoms with van der Waals surface area (Å²) in [5, 5.41) is 2.85. The van der Waals surface area contributed by atoms with Crippen molar-refractivity contribution in [2.45, 2.75) is 13.5 Å². The van der Waals surface area contributed by atoms with Gasteiger partial charge in [-0.25, -0.2) is 4.79 Å². The molecule has 0 atom stereocenters. The molecule has 0 radical (unpaired) electrons. The first-order valence-corrected chi connectivity index (χ1v) is 8.22. The van der Waals surface area contributed by atoms with E-state index in [0.29, 0.717) is 18.0 Å². The number of hydrogen-bond acceptors (Lipinski definition) is 4. The number of anilines is 1. The molecule has 6 nitrogen and oxygen atoms in total. The van der Waals surface area contributed by atoms with Crippen molar-refractivity contribution in [2.24, 2.45) is 0 Å². The van der Waals surface area contributed by atoms with E-state index in [2.05, 4.69) is 15.3 Å². The Hall–Kier alpha value is -3.41. The molecule has 0 aliphatic rings. The fourth-order valence-electron chi connectivity index (χ4n) is 2.37. The van der Waals surface area contributed by atoms with Gasteiger partial charge >= 0.3 is 6.03 Å². The van der Waals surface area contributed by atoms with Crippen molar-refractivity contribution in [2.75, 3.05) is 12.4 Å². The molecule has 2 amide bonds. The van der Waals surface area contributed by atoms with Gasteiger partial charge in [-0.1, -0.05) is 12.1 Å². The highest BCUT2D eigenvalue weighted by Crippen LogP contribution is 2.23. The van der Waals surface area contributed by atoms with Crippen molar-refractivity contribution in [3.8, 4) is 11.5 Å². The van der Waals surface area contributed by atoms with Crippen LogP contribution in [0.15, 0.2) is 67.1 Å². The number of rotatable bonds is 5. The fraction of sp³-hybridized carbons (Fsp3) is 0.150. The molecule has 1 heterocycles. The third-order valence-corrected chi connectivity index (χ3v) is 3.69. The highest BCUT2D eigenvalue weighted by molar-refractivity contribution is 5.89. The molecule has 6 heteroatoms. The van der Waals surface area contributed by atoms with Gasteiger partial charge in [-0.15, -0.1) is 0 Å². The Balaban J connectivity index is 1.57. The number of amides is 2. The second-order valence-electron chi connectivity index (χ2n) is 5.93. The van der Waals surface area contributed by atoms with Gasteiger partial charge in [0.25, 0.3) is 0 Å². The number of benzene rings is 2. The molecule has 3 rings (SSSR count). The third kappa shape index (κ3) is 4.80. The van der Waals surface area contributed by atoms with Crippen LogP contribution >= 0.6 is 0 Å². The van der Waals surface area contributed by atoms with Gasteiger partial charge in [0.1, 0.15) is 11.5 Å². The zero-order valence-electron chi connectivity index (χ0n) is 14.7. The molecule has 3 aromatic rings. The standard InChI is InChI=1S/C20H20N4O2/c1-15-4-3-5-19(12-15)26-18-8-6-16(7-9-18)23-20(25)24(2)14-17-13-21-10-11-22-17/h3-13H,14H2,1-2H3,(H,23,25). The number of nitrogens with zero attached hydrogens (tertiary/aromatic N) is 3. The zero-order valence-corrected chi connectivity index (χ0v) is 14.7. The lowest BCUT2D eigenvalue weighted by atomic mass is 10.2. The number of carbonyl (C=O) groups is 1. The minimum atomic E-state index is -0.219. The number of hydrogen-bond donors (Lipinski definition) is 1. The maximum Gasteiger partial charge on any atom is 0.321 e. The Morgan fingerprint density at radius 2 is 1.92 bits per heavy atom. The molecule has 0 saturated carbocycles. The molecule has 1 aromatic heterocycles. The van der Waals surface area contributed by atoms with Gasteiger partial charge < -0.3 is 15.0 Å². The summed E-state index contributed by atoms with van der Waals surface area (Å²) in [7, 11) is 1.71. The van der Waals surface area contributed by atoms with Gasteiger partial charge in [0.15, 0.2) is 0 Å². The Kier molecular flexibility index (Phi) is 5.43. The fourth-order valence-corrected chi connectivity index (χ4v) is 2.37. The number of aromatic nitrogens is 2. The van der Waals surface area contributed by atoms with Crippen molar-refractivity contribution in [1.29, 1.82) is 0 Å². The van der Waals surface area contributed by atoms with Gasteiger partial charge in [-0.05, 0) is 48.9 Å². The molecule has 2 aromatic carbocycles. The summed E-state index contributed by atoms with van der Waals surface area (Å²) < 4.78 is 5.81. The van der Waals surface area contributed by atoms with Crippen molar-refractivity contribution in [3.63, 3.8) is 0 Å². The second-order valence-corrected chi connectivity index (χ2v) is 5.93. The number of nitrogens with one attached hydrogen (secondary N) is 1. The van der Waals surface area contributed by atoms with E-state index in [-0.39, 0.29) is 6.03 Å². The minimum absolute atomic E-state index is 0.219. The maximum atomic E-state index is 12.3. The van der Waals surface area contributed by atoms with Gasteiger partial charge in [-0.3, -0.25) is 9.97 Å². The Bertz CT molecular complexity index is 866. The topological polar surface area (TPSA) is 67.3 Å². The monoisotopic (exact) mass is 348 g/mol. The van der Waals surface area contributed by atoms with E-state index in [1.807, 2.05) is 43.3 Å². The predicted octanol–water partition coefficient (Wildman–Crippen LogP) is 4.24. The number of ether oxygens (including phenoxy) is 1. The molecule has 0 unspecified atom stereocenters. The molecular weight excluding hydrogens is 328 g/mol. The Labute approximate surface area is 152 Å². The SMILES string of the molecule is Cc1cccc(Oc2ccc(NC(=O)N(C)Cc3cnccn3)cc2)c1. The van der Waals surface area contributed by atoms with Crippen LogP contribution in [0.4, 0.5) is 10.5 Å². The van der Waals surface area contributed by atoms with Crippen LogP contribution in [0.5, 0.6) is 11.5 Å². The van der Waals surface area contributed by atoms with Gasteiger partial charge in [0.2, 0.25) is 0 Å². The molecule has 0 aliphatic carbocycles. The van der Waals surface area contributed by atoms with Crippen LogP contribution in [0.3, 0.4) is 0 Å². The lowest BCUT2D eigenvalue weighted by Gasteiger charge is -2.17. The predicted molar refractivity (Wildman–Crippen MR) is 100 cm³/mol. The van der Waals surface area contributed by atoms with Crippen LogP contribution in [0.1, 0.15) is 11.3 Å². The minimum Gasteiger partial charge on any atom is -0.457 e. The quantitative estimate of drug-likeness (QED) is 0.749. The van der Waals surface area contributed by atoms with Crippen molar-refractivity contribution in [3.05, 3.63) is 78.4 Å². The average Bonchev–Trinajstić information content (AvgIpc) is 2.64. The number of aryl methyl sites for hydroxylation is 1. The summed E-state index contributed by atoms with van der Waals surface area (Å²) in [5.74, 6) is 1.49. The summed E-state index contributed by atoms with van der Waals surface area (Å²) >= 11 is 0. The van der Waals surface area contributed by atoms with E-state index in [1.165, 1.54) is 0 Å². The van der Waals surface area contributed by atoms with E-state index < -0.39 is 0 Å². The molecule has 132 valence electrons. The number of urea groups is 1. The first kappa shape index (κ1) is 17.4. The van der Waals surface area contributed by atoms with E-state index >= 15 is 0 Å². The molecular formula is C20H20N4O2. The molecule has 0 saturated heterocycles. The van der Waals surface area contributed by atoms with Crippen molar-refractivity contribution >= 4 is 11.7 Å². The Morgan fingerprint density at radius 1 is 1.12 bits per heavy atom. The first-order valence-electron chi connectivity index (χ1n) is 8.22. The van der Waals surface area contributed by atoms with E-state index in [9.17, 15) is 4.79 Å². The molecule has 26 heavy (non-hydrogen) atoms. The normalized spacial score (nSPS) is 10.2. The summed E-state index contributed by atoms with van der Waals surface area (Å²) in [5.41, 5.74) is 2.56. The summed E-state index contributed by atoms with van der Waals surface area (Å²) in [4.78, 5) is 22.0. The average molecular weight is 348 g/mol. The summed E-state index contributed by atoms with van der Waals surface area (Å²) in [6.07, 6.45) is 4.85.